The lowest BCUT2D eigenvalue weighted by Gasteiger charge is -2.10. The van der Waals surface area contributed by atoms with E-state index < -0.39 is 0 Å². The first-order valence-corrected chi connectivity index (χ1v) is 5.44. The van der Waals surface area contributed by atoms with Gasteiger partial charge in [-0.2, -0.15) is 0 Å². The quantitative estimate of drug-likeness (QED) is 0.667. The lowest BCUT2D eigenvalue weighted by molar-refractivity contribution is 0.661. The Morgan fingerprint density at radius 1 is 1.54 bits per heavy atom. The molecule has 1 aromatic carbocycles. The Morgan fingerprint density at radius 3 is 2.92 bits per heavy atom. The van der Waals surface area contributed by atoms with E-state index in [0.717, 1.165) is 12.8 Å². The zero-order chi connectivity index (χ0) is 9.68. The van der Waals surface area contributed by atoms with Crippen molar-refractivity contribution < 1.29 is 0 Å². The first-order valence-electron chi connectivity index (χ1n) is 4.36. The number of allylic oxidation sites excluding steroid dienone is 1. The van der Waals surface area contributed by atoms with E-state index in [1.165, 1.54) is 9.13 Å². The van der Waals surface area contributed by atoms with Crippen LogP contribution in [0.1, 0.15) is 24.4 Å². The highest BCUT2D eigenvalue weighted by atomic mass is 127. The molecule has 70 valence electrons. The maximum absolute atomic E-state index is 6.00. The van der Waals surface area contributed by atoms with Gasteiger partial charge in [-0.15, -0.1) is 6.58 Å². The van der Waals surface area contributed by atoms with Gasteiger partial charge in [0.15, 0.2) is 0 Å². The van der Waals surface area contributed by atoms with E-state index in [1.54, 1.807) is 0 Å². The molecule has 0 saturated carbocycles. The summed E-state index contributed by atoms with van der Waals surface area (Å²) in [7, 11) is 0. The van der Waals surface area contributed by atoms with Crippen molar-refractivity contribution in [2.24, 2.45) is 5.73 Å². The molecule has 1 rings (SSSR count). The number of nitrogens with two attached hydrogens (primary N) is 1. The van der Waals surface area contributed by atoms with Gasteiger partial charge in [0.1, 0.15) is 0 Å². The summed E-state index contributed by atoms with van der Waals surface area (Å²) in [5.74, 6) is 0. The first kappa shape index (κ1) is 10.7. The van der Waals surface area contributed by atoms with E-state index in [-0.39, 0.29) is 6.04 Å². The molecule has 0 aliphatic heterocycles. The topological polar surface area (TPSA) is 26.0 Å². The number of halogens is 1. The van der Waals surface area contributed by atoms with Gasteiger partial charge in [-0.05, 0) is 53.1 Å². The predicted molar refractivity (Wildman–Crippen MR) is 65.5 cm³/mol. The van der Waals surface area contributed by atoms with Crippen molar-refractivity contribution in [1.29, 1.82) is 0 Å². The molecule has 0 aliphatic carbocycles. The highest BCUT2D eigenvalue weighted by molar-refractivity contribution is 14.1. The van der Waals surface area contributed by atoms with Crippen LogP contribution in [0.3, 0.4) is 0 Å². The van der Waals surface area contributed by atoms with E-state index in [0.29, 0.717) is 0 Å². The van der Waals surface area contributed by atoms with Gasteiger partial charge < -0.3 is 5.73 Å². The monoisotopic (exact) mass is 287 g/mol. The summed E-state index contributed by atoms with van der Waals surface area (Å²) in [5.41, 5.74) is 7.22. The molecule has 2 heteroatoms. The van der Waals surface area contributed by atoms with Crippen LogP contribution in [0, 0.1) is 3.57 Å². The van der Waals surface area contributed by atoms with Gasteiger partial charge in [-0.1, -0.05) is 18.2 Å². The molecule has 0 heterocycles. The van der Waals surface area contributed by atoms with Crippen molar-refractivity contribution in [3.8, 4) is 0 Å². The van der Waals surface area contributed by atoms with Gasteiger partial charge in [0.05, 0.1) is 0 Å². The van der Waals surface area contributed by atoms with Crippen LogP contribution in [0.15, 0.2) is 36.9 Å². The van der Waals surface area contributed by atoms with Gasteiger partial charge in [0.2, 0.25) is 0 Å². The Morgan fingerprint density at radius 2 is 2.31 bits per heavy atom. The molecule has 0 aliphatic rings. The van der Waals surface area contributed by atoms with Crippen molar-refractivity contribution in [2.45, 2.75) is 18.9 Å². The van der Waals surface area contributed by atoms with E-state index >= 15 is 0 Å². The predicted octanol–water partition coefficient (Wildman–Crippen LogP) is 3.26. The Kier molecular flexibility index (Phi) is 4.45. The fraction of sp³-hybridized carbons (Fsp3) is 0.273. The molecule has 1 nitrogen and oxygen atoms in total. The summed E-state index contributed by atoms with van der Waals surface area (Å²) in [6.07, 6.45) is 3.87. The summed E-state index contributed by atoms with van der Waals surface area (Å²) in [4.78, 5) is 0. The molecule has 13 heavy (non-hydrogen) atoms. The largest absolute Gasteiger partial charge is 0.324 e. The fourth-order valence-electron chi connectivity index (χ4n) is 1.20. The average molecular weight is 287 g/mol. The minimum Gasteiger partial charge on any atom is -0.324 e. The van der Waals surface area contributed by atoms with Crippen molar-refractivity contribution >= 4 is 22.6 Å². The maximum Gasteiger partial charge on any atom is 0.0298 e. The van der Waals surface area contributed by atoms with Crippen LogP contribution >= 0.6 is 22.6 Å². The van der Waals surface area contributed by atoms with Gasteiger partial charge >= 0.3 is 0 Å². The maximum atomic E-state index is 6.00. The van der Waals surface area contributed by atoms with Crippen LogP contribution in [0.2, 0.25) is 0 Å². The zero-order valence-corrected chi connectivity index (χ0v) is 9.70. The van der Waals surface area contributed by atoms with Gasteiger partial charge in [0, 0.05) is 9.61 Å². The Bertz CT molecular complexity index is 283. The molecule has 0 saturated heterocycles. The molecule has 1 unspecified atom stereocenters. The summed E-state index contributed by atoms with van der Waals surface area (Å²) in [6, 6.07) is 8.48. The van der Waals surface area contributed by atoms with Crippen LogP contribution in [-0.2, 0) is 0 Å². The third-order valence-corrected chi connectivity index (χ3v) is 2.63. The smallest absolute Gasteiger partial charge is 0.0298 e. The Labute approximate surface area is 93.2 Å². The molecule has 0 amide bonds. The molecule has 0 fully saturated rings. The number of hydrogen-bond acceptors (Lipinski definition) is 1. The summed E-state index contributed by atoms with van der Waals surface area (Å²) < 4.78 is 1.24. The SMILES string of the molecule is C=CCCC(N)c1cccc(I)c1. The first-order chi connectivity index (χ1) is 6.24. The second kappa shape index (κ2) is 5.40. The van der Waals surface area contributed by atoms with Crippen molar-refractivity contribution in [3.05, 3.63) is 46.1 Å². The van der Waals surface area contributed by atoms with Crippen LogP contribution in [0.25, 0.3) is 0 Å². The number of hydrogen-bond donors (Lipinski definition) is 1. The van der Waals surface area contributed by atoms with Crippen LogP contribution in [0.4, 0.5) is 0 Å². The summed E-state index contributed by atoms with van der Waals surface area (Å²) >= 11 is 2.30. The van der Waals surface area contributed by atoms with E-state index in [9.17, 15) is 0 Å². The van der Waals surface area contributed by atoms with Gasteiger partial charge in [-0.25, -0.2) is 0 Å². The Hall–Kier alpha value is -0.350. The number of benzene rings is 1. The van der Waals surface area contributed by atoms with Crippen molar-refractivity contribution in [3.63, 3.8) is 0 Å². The molecular weight excluding hydrogens is 273 g/mol. The van der Waals surface area contributed by atoms with Crippen LogP contribution in [0.5, 0.6) is 0 Å². The average Bonchev–Trinajstić information content (AvgIpc) is 2.14. The molecule has 0 radical (unpaired) electrons. The molecule has 0 bridgehead atoms. The van der Waals surface area contributed by atoms with E-state index in [2.05, 4.69) is 47.4 Å². The normalized spacial score (nSPS) is 12.5. The fourth-order valence-corrected chi connectivity index (χ4v) is 1.77. The zero-order valence-electron chi connectivity index (χ0n) is 7.54. The van der Waals surface area contributed by atoms with Crippen LogP contribution < -0.4 is 5.73 Å². The minimum atomic E-state index is 0.146. The van der Waals surface area contributed by atoms with Crippen LogP contribution in [-0.4, -0.2) is 0 Å². The standard InChI is InChI=1S/C11H14IN/c1-2-3-7-11(13)9-5-4-6-10(12)8-9/h2,4-6,8,11H,1,3,7,13H2. The third kappa shape index (κ3) is 3.48. The summed E-state index contributed by atoms with van der Waals surface area (Å²) in [6.45, 7) is 3.69. The molecular formula is C11H14IN. The molecule has 0 aromatic heterocycles. The van der Waals surface area contributed by atoms with E-state index in [4.69, 9.17) is 5.73 Å². The highest BCUT2D eigenvalue weighted by Gasteiger charge is 2.04. The third-order valence-electron chi connectivity index (χ3n) is 1.96. The van der Waals surface area contributed by atoms with Gasteiger partial charge in [-0.3, -0.25) is 0 Å². The van der Waals surface area contributed by atoms with E-state index in [1.807, 2.05) is 12.1 Å². The molecule has 1 atom stereocenters. The van der Waals surface area contributed by atoms with Crippen molar-refractivity contribution in [1.82, 2.24) is 0 Å². The molecule has 2 N–H and O–H groups in total. The van der Waals surface area contributed by atoms with Crippen molar-refractivity contribution in [2.75, 3.05) is 0 Å². The summed E-state index contributed by atoms with van der Waals surface area (Å²) in [5, 5.41) is 0. The lowest BCUT2D eigenvalue weighted by atomic mass is 10.0. The molecule has 1 aromatic rings. The molecule has 0 spiro atoms. The second-order valence-electron chi connectivity index (χ2n) is 3.03. The minimum absolute atomic E-state index is 0.146. The highest BCUT2D eigenvalue weighted by Crippen LogP contribution is 2.17. The lowest BCUT2D eigenvalue weighted by Crippen LogP contribution is -2.09. The Balaban J connectivity index is 2.65. The van der Waals surface area contributed by atoms with Gasteiger partial charge in [0.25, 0.3) is 0 Å². The number of rotatable bonds is 4. The second-order valence-corrected chi connectivity index (χ2v) is 4.27.